The van der Waals surface area contributed by atoms with Crippen molar-refractivity contribution in [2.45, 2.75) is 40.0 Å². The molecule has 0 atom stereocenters. The van der Waals surface area contributed by atoms with Gasteiger partial charge in [0.2, 0.25) is 0 Å². The van der Waals surface area contributed by atoms with Gasteiger partial charge in [0.05, 0.1) is 0 Å². The third-order valence-electron chi connectivity index (χ3n) is 2.38. The zero-order chi connectivity index (χ0) is 13.2. The number of anilines is 1. The Bertz CT molecular complexity index is 383. The first-order valence-electron chi connectivity index (χ1n) is 5.96. The second-order valence-corrected chi connectivity index (χ2v) is 6.28. The van der Waals surface area contributed by atoms with Crippen molar-refractivity contribution in [3.8, 4) is 0 Å². The fraction of sp³-hybridized carbons (Fsp3) is 0.692. The number of rotatable bonds is 3. The second kappa shape index (κ2) is 5.21. The summed E-state index contributed by atoms with van der Waals surface area (Å²) in [5.74, 6) is 2.27. The van der Waals surface area contributed by atoms with Crippen molar-refractivity contribution in [2.75, 3.05) is 18.5 Å². The van der Waals surface area contributed by atoms with E-state index in [-0.39, 0.29) is 5.41 Å². The van der Waals surface area contributed by atoms with Crippen molar-refractivity contribution in [1.29, 1.82) is 0 Å². The van der Waals surface area contributed by atoms with E-state index in [1.165, 1.54) is 0 Å². The van der Waals surface area contributed by atoms with E-state index in [0.29, 0.717) is 11.1 Å². The molecule has 0 bridgehead atoms. The zero-order valence-electron chi connectivity index (χ0n) is 11.6. The maximum Gasteiger partial charge on any atom is 0.137 e. The van der Waals surface area contributed by atoms with Crippen LogP contribution in [0.25, 0.3) is 0 Å². The minimum Gasteiger partial charge on any atom is -0.359 e. The normalized spacial score (nSPS) is 12.0. The summed E-state index contributed by atoms with van der Waals surface area (Å²) in [6, 6.07) is 1.82. The van der Waals surface area contributed by atoms with Gasteiger partial charge in [0, 0.05) is 25.1 Å². The number of hydrogen-bond donors (Lipinski definition) is 0. The van der Waals surface area contributed by atoms with Crippen LogP contribution in [0.4, 0.5) is 5.82 Å². The summed E-state index contributed by atoms with van der Waals surface area (Å²) in [5, 5.41) is 0.510. The summed E-state index contributed by atoms with van der Waals surface area (Å²) >= 11 is 6.06. The molecule has 0 aliphatic rings. The first kappa shape index (κ1) is 14.2. The summed E-state index contributed by atoms with van der Waals surface area (Å²) in [6.07, 6.45) is 0. The molecule has 1 heterocycles. The van der Waals surface area contributed by atoms with Crippen LogP contribution in [0.2, 0.25) is 5.15 Å². The van der Waals surface area contributed by atoms with E-state index in [9.17, 15) is 0 Å². The minimum atomic E-state index is -0.0850. The lowest BCUT2D eigenvalue weighted by Gasteiger charge is -2.23. The van der Waals surface area contributed by atoms with Gasteiger partial charge in [-0.05, 0) is 5.92 Å². The topological polar surface area (TPSA) is 29.0 Å². The van der Waals surface area contributed by atoms with E-state index in [4.69, 9.17) is 11.6 Å². The lowest BCUT2D eigenvalue weighted by Crippen LogP contribution is -2.25. The average Bonchev–Trinajstić information content (AvgIpc) is 2.14. The van der Waals surface area contributed by atoms with Gasteiger partial charge < -0.3 is 4.90 Å². The molecular weight excluding hydrogens is 234 g/mol. The highest BCUT2D eigenvalue weighted by Crippen LogP contribution is 2.23. The average molecular weight is 256 g/mol. The monoisotopic (exact) mass is 255 g/mol. The Labute approximate surface area is 109 Å². The van der Waals surface area contributed by atoms with Gasteiger partial charge in [-0.25, -0.2) is 9.97 Å². The van der Waals surface area contributed by atoms with Crippen molar-refractivity contribution in [1.82, 2.24) is 9.97 Å². The lowest BCUT2D eigenvalue weighted by molar-refractivity contribution is 0.542. The van der Waals surface area contributed by atoms with E-state index in [1.54, 1.807) is 0 Å². The van der Waals surface area contributed by atoms with Crippen LogP contribution in [-0.2, 0) is 5.41 Å². The van der Waals surface area contributed by atoms with Crippen molar-refractivity contribution < 1.29 is 0 Å². The van der Waals surface area contributed by atoms with Crippen LogP contribution in [0, 0.1) is 5.92 Å². The molecule has 0 amide bonds. The Balaban J connectivity index is 3.05. The van der Waals surface area contributed by atoms with Crippen LogP contribution in [0.3, 0.4) is 0 Å². The van der Waals surface area contributed by atoms with Crippen molar-refractivity contribution in [2.24, 2.45) is 5.92 Å². The Morgan fingerprint density at radius 2 is 1.88 bits per heavy atom. The smallest absolute Gasteiger partial charge is 0.137 e. The molecule has 1 aromatic heterocycles. The zero-order valence-corrected chi connectivity index (χ0v) is 12.3. The number of aromatic nitrogens is 2. The minimum absolute atomic E-state index is 0.0850. The molecule has 0 spiro atoms. The molecule has 0 aliphatic heterocycles. The molecule has 0 saturated carbocycles. The van der Waals surface area contributed by atoms with Crippen LogP contribution >= 0.6 is 11.6 Å². The lowest BCUT2D eigenvalue weighted by atomic mass is 9.96. The maximum atomic E-state index is 6.06. The summed E-state index contributed by atoms with van der Waals surface area (Å²) in [5.41, 5.74) is -0.0850. The molecule has 3 nitrogen and oxygen atoms in total. The standard InChI is InChI=1S/C13H22ClN3/c1-9(2)8-17(6)11-7-10(14)15-12(16-11)13(3,4)5/h7,9H,8H2,1-6H3. The molecular formula is C13H22ClN3. The molecule has 0 N–H and O–H groups in total. The Morgan fingerprint density at radius 3 is 2.35 bits per heavy atom. The van der Waals surface area contributed by atoms with Crippen LogP contribution in [0.5, 0.6) is 0 Å². The van der Waals surface area contributed by atoms with Crippen molar-refractivity contribution >= 4 is 17.4 Å². The van der Waals surface area contributed by atoms with Crippen molar-refractivity contribution in [3.63, 3.8) is 0 Å². The molecule has 0 unspecified atom stereocenters. The maximum absolute atomic E-state index is 6.06. The van der Waals surface area contributed by atoms with Gasteiger partial charge in [0.25, 0.3) is 0 Å². The second-order valence-electron chi connectivity index (χ2n) is 5.90. The third-order valence-corrected chi connectivity index (χ3v) is 2.58. The van der Waals surface area contributed by atoms with Gasteiger partial charge in [0.1, 0.15) is 16.8 Å². The molecule has 0 saturated heterocycles. The predicted octanol–water partition coefficient (Wildman–Crippen LogP) is 3.52. The van der Waals surface area contributed by atoms with Gasteiger partial charge >= 0.3 is 0 Å². The Kier molecular flexibility index (Phi) is 4.36. The summed E-state index contributed by atoms with van der Waals surface area (Å²) in [4.78, 5) is 11.0. The molecule has 96 valence electrons. The molecule has 0 aromatic carbocycles. The first-order valence-corrected chi connectivity index (χ1v) is 6.34. The van der Waals surface area contributed by atoms with E-state index >= 15 is 0 Å². The summed E-state index contributed by atoms with van der Waals surface area (Å²) in [6.45, 7) is 11.6. The molecule has 4 heteroatoms. The fourth-order valence-electron chi connectivity index (χ4n) is 1.58. The Morgan fingerprint density at radius 1 is 1.29 bits per heavy atom. The molecule has 0 aliphatic carbocycles. The molecule has 17 heavy (non-hydrogen) atoms. The Hall–Kier alpha value is -0.830. The van der Waals surface area contributed by atoms with Gasteiger partial charge in [-0.2, -0.15) is 0 Å². The van der Waals surface area contributed by atoms with E-state index < -0.39 is 0 Å². The van der Waals surface area contributed by atoms with E-state index in [1.807, 2.05) is 13.1 Å². The van der Waals surface area contributed by atoms with Gasteiger partial charge in [0.15, 0.2) is 0 Å². The van der Waals surface area contributed by atoms with Crippen LogP contribution in [0.1, 0.15) is 40.4 Å². The molecule has 1 rings (SSSR count). The third kappa shape index (κ3) is 4.15. The predicted molar refractivity (Wildman–Crippen MR) is 73.9 cm³/mol. The van der Waals surface area contributed by atoms with Crippen LogP contribution < -0.4 is 4.90 Å². The van der Waals surface area contributed by atoms with Gasteiger partial charge in [-0.3, -0.25) is 0 Å². The quantitative estimate of drug-likeness (QED) is 0.774. The highest BCUT2D eigenvalue weighted by Gasteiger charge is 2.19. The summed E-state index contributed by atoms with van der Waals surface area (Å²) in [7, 11) is 2.03. The van der Waals surface area contributed by atoms with Crippen molar-refractivity contribution in [3.05, 3.63) is 17.0 Å². The molecule has 0 fully saturated rings. The van der Waals surface area contributed by atoms with E-state index in [0.717, 1.165) is 18.2 Å². The molecule has 1 aromatic rings. The van der Waals surface area contributed by atoms with Gasteiger partial charge in [-0.1, -0.05) is 46.2 Å². The highest BCUT2D eigenvalue weighted by atomic mass is 35.5. The summed E-state index contributed by atoms with van der Waals surface area (Å²) < 4.78 is 0. The fourth-order valence-corrected chi connectivity index (χ4v) is 1.76. The van der Waals surface area contributed by atoms with Crippen LogP contribution in [-0.4, -0.2) is 23.6 Å². The number of nitrogens with zero attached hydrogens (tertiary/aromatic N) is 3. The van der Waals surface area contributed by atoms with E-state index in [2.05, 4.69) is 49.5 Å². The van der Waals surface area contributed by atoms with Gasteiger partial charge in [-0.15, -0.1) is 0 Å². The SMILES string of the molecule is CC(C)CN(C)c1cc(Cl)nc(C(C)(C)C)n1. The highest BCUT2D eigenvalue weighted by molar-refractivity contribution is 6.29. The molecule has 0 radical (unpaired) electrons. The largest absolute Gasteiger partial charge is 0.359 e. The number of halogens is 1. The van der Waals surface area contributed by atoms with Crippen LogP contribution in [0.15, 0.2) is 6.07 Å². The first-order chi connectivity index (χ1) is 7.70. The number of hydrogen-bond acceptors (Lipinski definition) is 3.